The maximum Gasteiger partial charge on any atom is 0.355 e. The lowest BCUT2D eigenvalue weighted by Crippen LogP contribution is -2.01. The van der Waals surface area contributed by atoms with Crippen molar-refractivity contribution in [3.05, 3.63) is 58.9 Å². The Morgan fingerprint density at radius 3 is 2.67 bits per heavy atom. The molecular formula is C13H10ClNO2S. The van der Waals surface area contributed by atoms with Gasteiger partial charge in [0.1, 0.15) is 0 Å². The van der Waals surface area contributed by atoms with Crippen molar-refractivity contribution < 1.29 is 9.90 Å². The number of nitrogens with zero attached hydrogens (tertiary/aromatic N) is 1. The number of benzene rings is 1. The van der Waals surface area contributed by atoms with Gasteiger partial charge >= 0.3 is 5.97 Å². The molecule has 2 rings (SSSR count). The van der Waals surface area contributed by atoms with E-state index in [0.717, 1.165) is 5.56 Å². The Kier molecular flexibility index (Phi) is 4.23. The van der Waals surface area contributed by atoms with Crippen LogP contribution in [0, 0.1) is 0 Å². The molecule has 5 heteroatoms. The van der Waals surface area contributed by atoms with E-state index in [0.29, 0.717) is 15.7 Å². The third-order valence-corrected chi connectivity index (χ3v) is 3.65. The molecule has 0 aliphatic carbocycles. The maximum atomic E-state index is 11.0. The first kappa shape index (κ1) is 12.9. The fourth-order valence-corrected chi connectivity index (χ4v) is 2.50. The van der Waals surface area contributed by atoms with Crippen molar-refractivity contribution in [1.82, 2.24) is 4.98 Å². The standard InChI is InChI=1S/C13H10ClNO2S/c14-10-5-3-9(4-6-10)8-18-11-2-1-7-15-12(11)13(16)17/h1-7H,8H2,(H,16,17). The summed E-state index contributed by atoms with van der Waals surface area (Å²) in [6.07, 6.45) is 1.48. The third-order valence-electron chi connectivity index (χ3n) is 2.28. The molecule has 0 saturated carbocycles. The number of carboxylic acid groups (broad SMARTS) is 1. The SMILES string of the molecule is O=C(O)c1ncccc1SCc1ccc(Cl)cc1. The second kappa shape index (κ2) is 5.89. The summed E-state index contributed by atoms with van der Waals surface area (Å²) in [5.74, 6) is -0.322. The molecule has 3 nitrogen and oxygen atoms in total. The summed E-state index contributed by atoms with van der Waals surface area (Å²) in [4.78, 5) is 15.5. The van der Waals surface area contributed by atoms with E-state index in [9.17, 15) is 4.79 Å². The molecule has 1 aromatic carbocycles. The van der Waals surface area contributed by atoms with E-state index in [1.165, 1.54) is 18.0 Å². The first-order valence-electron chi connectivity index (χ1n) is 5.22. The lowest BCUT2D eigenvalue weighted by molar-refractivity contribution is 0.0686. The van der Waals surface area contributed by atoms with Crippen molar-refractivity contribution in [2.75, 3.05) is 0 Å². The zero-order valence-electron chi connectivity index (χ0n) is 9.34. The number of carboxylic acids is 1. The van der Waals surface area contributed by atoms with E-state index < -0.39 is 5.97 Å². The first-order chi connectivity index (χ1) is 8.66. The Balaban J connectivity index is 2.10. The zero-order valence-corrected chi connectivity index (χ0v) is 10.9. The predicted molar refractivity (Wildman–Crippen MR) is 72.2 cm³/mol. The van der Waals surface area contributed by atoms with Gasteiger partial charge in [-0.2, -0.15) is 0 Å². The van der Waals surface area contributed by atoms with Gasteiger partial charge < -0.3 is 5.11 Å². The Hall–Kier alpha value is -1.52. The van der Waals surface area contributed by atoms with Gasteiger partial charge in [-0.25, -0.2) is 9.78 Å². The lowest BCUT2D eigenvalue weighted by atomic mass is 10.2. The molecule has 2 aromatic rings. The average molecular weight is 280 g/mol. The van der Waals surface area contributed by atoms with Crippen molar-refractivity contribution in [2.45, 2.75) is 10.6 Å². The highest BCUT2D eigenvalue weighted by molar-refractivity contribution is 7.98. The molecule has 0 amide bonds. The van der Waals surface area contributed by atoms with Gasteiger partial charge in [0, 0.05) is 21.9 Å². The minimum atomic E-state index is -1.01. The fourth-order valence-electron chi connectivity index (χ4n) is 1.41. The topological polar surface area (TPSA) is 50.2 Å². The molecule has 0 atom stereocenters. The Labute approximate surface area is 114 Å². The van der Waals surface area contributed by atoms with Gasteiger partial charge in [-0.3, -0.25) is 0 Å². The van der Waals surface area contributed by atoms with Gasteiger partial charge in [-0.05, 0) is 29.8 Å². The number of rotatable bonds is 4. The van der Waals surface area contributed by atoms with E-state index in [4.69, 9.17) is 16.7 Å². The number of hydrogen-bond acceptors (Lipinski definition) is 3. The zero-order chi connectivity index (χ0) is 13.0. The van der Waals surface area contributed by atoms with Crippen LogP contribution in [0.5, 0.6) is 0 Å². The van der Waals surface area contributed by atoms with Crippen molar-refractivity contribution >= 4 is 29.3 Å². The summed E-state index contributed by atoms with van der Waals surface area (Å²) in [5, 5.41) is 9.70. The molecule has 0 spiro atoms. The molecule has 0 saturated heterocycles. The van der Waals surface area contributed by atoms with E-state index >= 15 is 0 Å². The Morgan fingerprint density at radius 2 is 2.00 bits per heavy atom. The summed E-state index contributed by atoms with van der Waals surface area (Å²) in [6.45, 7) is 0. The van der Waals surface area contributed by atoms with Crippen molar-refractivity contribution in [1.29, 1.82) is 0 Å². The molecule has 1 N–H and O–H groups in total. The highest BCUT2D eigenvalue weighted by Crippen LogP contribution is 2.25. The summed E-state index contributed by atoms with van der Waals surface area (Å²) in [7, 11) is 0. The van der Waals surface area contributed by atoms with Gasteiger partial charge in [0.25, 0.3) is 0 Å². The van der Waals surface area contributed by atoms with Crippen LogP contribution >= 0.6 is 23.4 Å². The van der Waals surface area contributed by atoms with Crippen LogP contribution in [0.4, 0.5) is 0 Å². The van der Waals surface area contributed by atoms with Crippen LogP contribution in [0.2, 0.25) is 5.02 Å². The molecular weight excluding hydrogens is 270 g/mol. The molecule has 0 aliphatic heterocycles. The Morgan fingerprint density at radius 1 is 1.28 bits per heavy atom. The van der Waals surface area contributed by atoms with E-state index in [1.54, 1.807) is 12.1 Å². The van der Waals surface area contributed by atoms with Crippen molar-refractivity contribution in [3.63, 3.8) is 0 Å². The minimum absolute atomic E-state index is 0.0939. The molecule has 0 unspecified atom stereocenters. The highest BCUT2D eigenvalue weighted by Gasteiger charge is 2.11. The number of aromatic nitrogens is 1. The van der Waals surface area contributed by atoms with Gasteiger partial charge in [-0.1, -0.05) is 23.7 Å². The lowest BCUT2D eigenvalue weighted by Gasteiger charge is -2.04. The van der Waals surface area contributed by atoms with E-state index in [2.05, 4.69) is 4.98 Å². The van der Waals surface area contributed by atoms with Gasteiger partial charge in [0.05, 0.1) is 0 Å². The molecule has 1 heterocycles. The molecule has 0 bridgehead atoms. The maximum absolute atomic E-state index is 11.0. The molecule has 0 fully saturated rings. The highest BCUT2D eigenvalue weighted by atomic mass is 35.5. The van der Waals surface area contributed by atoms with Crippen LogP contribution in [-0.2, 0) is 5.75 Å². The number of aromatic carboxylic acids is 1. The molecule has 0 aliphatic rings. The second-order valence-electron chi connectivity index (χ2n) is 3.57. The third kappa shape index (κ3) is 3.24. The van der Waals surface area contributed by atoms with Crippen LogP contribution in [-0.4, -0.2) is 16.1 Å². The Bertz CT molecular complexity index is 557. The summed E-state index contributed by atoms with van der Waals surface area (Å²) >= 11 is 7.25. The molecule has 1 aromatic heterocycles. The molecule has 18 heavy (non-hydrogen) atoms. The fraction of sp³-hybridized carbons (Fsp3) is 0.0769. The van der Waals surface area contributed by atoms with Crippen LogP contribution < -0.4 is 0 Å². The normalized spacial score (nSPS) is 10.3. The number of hydrogen-bond donors (Lipinski definition) is 1. The number of halogens is 1. The summed E-state index contributed by atoms with van der Waals surface area (Å²) in [5.41, 5.74) is 1.18. The summed E-state index contributed by atoms with van der Waals surface area (Å²) in [6, 6.07) is 11.0. The van der Waals surface area contributed by atoms with Gasteiger partial charge in [0.15, 0.2) is 5.69 Å². The van der Waals surface area contributed by atoms with E-state index in [-0.39, 0.29) is 5.69 Å². The van der Waals surface area contributed by atoms with Crippen molar-refractivity contribution in [3.8, 4) is 0 Å². The number of thioether (sulfide) groups is 1. The largest absolute Gasteiger partial charge is 0.476 e. The average Bonchev–Trinajstić information content (AvgIpc) is 2.38. The van der Waals surface area contributed by atoms with Crippen molar-refractivity contribution in [2.24, 2.45) is 0 Å². The van der Waals surface area contributed by atoms with Crippen LogP contribution in [0.15, 0.2) is 47.5 Å². The summed E-state index contributed by atoms with van der Waals surface area (Å²) < 4.78 is 0. The first-order valence-corrected chi connectivity index (χ1v) is 6.59. The van der Waals surface area contributed by atoms with Crippen LogP contribution in [0.1, 0.15) is 16.1 Å². The van der Waals surface area contributed by atoms with Gasteiger partial charge in [0.2, 0.25) is 0 Å². The molecule has 92 valence electrons. The van der Waals surface area contributed by atoms with Crippen LogP contribution in [0.25, 0.3) is 0 Å². The monoisotopic (exact) mass is 279 g/mol. The quantitative estimate of drug-likeness (QED) is 0.867. The van der Waals surface area contributed by atoms with Crippen LogP contribution in [0.3, 0.4) is 0 Å². The minimum Gasteiger partial charge on any atom is -0.476 e. The number of pyridine rings is 1. The molecule has 0 radical (unpaired) electrons. The van der Waals surface area contributed by atoms with Gasteiger partial charge in [-0.15, -0.1) is 11.8 Å². The second-order valence-corrected chi connectivity index (χ2v) is 5.02. The smallest absolute Gasteiger partial charge is 0.355 e. The number of carbonyl (C=O) groups is 1. The van der Waals surface area contributed by atoms with E-state index in [1.807, 2.05) is 24.3 Å². The predicted octanol–water partition coefficient (Wildman–Crippen LogP) is 3.73.